The van der Waals surface area contributed by atoms with E-state index in [4.69, 9.17) is 4.74 Å². The van der Waals surface area contributed by atoms with Crippen molar-refractivity contribution in [3.8, 4) is 0 Å². The highest BCUT2D eigenvalue weighted by Crippen LogP contribution is 2.24. The van der Waals surface area contributed by atoms with Crippen LogP contribution in [0.2, 0.25) is 0 Å². The van der Waals surface area contributed by atoms with Crippen molar-refractivity contribution in [2.24, 2.45) is 0 Å². The van der Waals surface area contributed by atoms with Gasteiger partial charge in [0, 0.05) is 12.6 Å². The average molecular weight is 299 g/mol. The maximum atomic E-state index is 12.1. The molecule has 2 nitrogen and oxygen atoms in total. The van der Waals surface area contributed by atoms with Crippen molar-refractivity contribution in [1.82, 2.24) is 5.32 Å². The molecule has 4 heteroatoms. The first kappa shape index (κ1) is 18.1. The molecule has 1 aromatic rings. The van der Waals surface area contributed by atoms with Gasteiger partial charge in [0.15, 0.2) is 0 Å². The molecule has 0 heterocycles. The molecule has 0 aliphatic heterocycles. The number of alkyl halides is 2. The summed E-state index contributed by atoms with van der Waals surface area (Å²) in [5.74, 6) is 0. The molecule has 0 spiro atoms. The summed E-state index contributed by atoms with van der Waals surface area (Å²) < 4.78 is 29.2. The Hall–Kier alpha value is -1.00. The number of hydrogen-bond acceptors (Lipinski definition) is 2. The fourth-order valence-electron chi connectivity index (χ4n) is 2.42. The first-order chi connectivity index (χ1) is 9.95. The number of nitrogens with one attached hydrogen (secondary N) is 1. The second-order valence-electron chi connectivity index (χ2n) is 5.55. The maximum absolute atomic E-state index is 12.1. The van der Waals surface area contributed by atoms with Gasteiger partial charge in [0.2, 0.25) is 0 Å². The van der Waals surface area contributed by atoms with E-state index in [1.807, 2.05) is 0 Å². The molecule has 1 unspecified atom stereocenters. The van der Waals surface area contributed by atoms with E-state index in [2.05, 4.69) is 45.1 Å². The molecule has 0 fully saturated rings. The van der Waals surface area contributed by atoms with Crippen LogP contribution < -0.4 is 5.32 Å². The van der Waals surface area contributed by atoms with Crippen molar-refractivity contribution >= 4 is 0 Å². The number of benzene rings is 1. The molecular formula is C17H27F2NO. The number of hydrogen-bond donors (Lipinski definition) is 1. The summed E-state index contributed by atoms with van der Waals surface area (Å²) in [6.07, 6.45) is -0.649. The van der Waals surface area contributed by atoms with E-state index in [-0.39, 0.29) is 6.04 Å². The van der Waals surface area contributed by atoms with E-state index in [9.17, 15) is 8.78 Å². The summed E-state index contributed by atoms with van der Waals surface area (Å²) in [6, 6.07) is 4.54. The van der Waals surface area contributed by atoms with Gasteiger partial charge in [-0.3, -0.25) is 0 Å². The summed E-state index contributed by atoms with van der Waals surface area (Å²) in [5, 5.41) is 3.49. The monoisotopic (exact) mass is 299 g/mol. The van der Waals surface area contributed by atoms with E-state index >= 15 is 0 Å². The van der Waals surface area contributed by atoms with E-state index in [1.54, 1.807) is 0 Å². The molecule has 0 saturated heterocycles. The van der Waals surface area contributed by atoms with Gasteiger partial charge in [0.05, 0.1) is 0 Å². The van der Waals surface area contributed by atoms with Crippen LogP contribution in [-0.2, 0) is 4.74 Å². The topological polar surface area (TPSA) is 21.3 Å². The van der Waals surface area contributed by atoms with Crippen LogP contribution in [0.15, 0.2) is 12.1 Å². The van der Waals surface area contributed by atoms with Gasteiger partial charge in [0.1, 0.15) is 6.61 Å². The molecule has 1 rings (SSSR count). The number of halogens is 2. The Morgan fingerprint density at radius 1 is 1.10 bits per heavy atom. The Labute approximate surface area is 126 Å². The third-order valence-electron chi connectivity index (χ3n) is 3.69. The lowest BCUT2D eigenvalue weighted by atomic mass is 9.94. The van der Waals surface area contributed by atoms with Crippen molar-refractivity contribution in [1.29, 1.82) is 0 Å². The Kier molecular flexibility index (Phi) is 7.83. The van der Waals surface area contributed by atoms with Crippen molar-refractivity contribution in [3.05, 3.63) is 34.4 Å². The van der Waals surface area contributed by atoms with Gasteiger partial charge in [-0.2, -0.15) is 0 Å². The minimum Gasteiger partial charge on any atom is -0.375 e. The van der Waals surface area contributed by atoms with Crippen LogP contribution in [0.4, 0.5) is 8.78 Å². The van der Waals surface area contributed by atoms with Gasteiger partial charge in [0.25, 0.3) is 6.43 Å². The zero-order chi connectivity index (χ0) is 15.8. The van der Waals surface area contributed by atoms with Crippen LogP contribution in [-0.4, -0.2) is 26.2 Å². The Bertz CT molecular complexity index is 435. The lowest BCUT2D eigenvalue weighted by molar-refractivity contribution is 0.0143. The molecule has 0 bridgehead atoms. The van der Waals surface area contributed by atoms with Crippen LogP contribution in [0.3, 0.4) is 0 Å². The molecule has 21 heavy (non-hydrogen) atoms. The Morgan fingerprint density at radius 2 is 1.76 bits per heavy atom. The predicted molar refractivity (Wildman–Crippen MR) is 83.1 cm³/mol. The zero-order valence-electron chi connectivity index (χ0n) is 13.5. The fourth-order valence-corrected chi connectivity index (χ4v) is 2.42. The fraction of sp³-hybridized carbons (Fsp3) is 0.647. The van der Waals surface area contributed by atoms with Gasteiger partial charge >= 0.3 is 0 Å². The van der Waals surface area contributed by atoms with E-state index in [0.29, 0.717) is 13.0 Å². The van der Waals surface area contributed by atoms with Gasteiger partial charge in [-0.25, -0.2) is 8.78 Å². The smallest absolute Gasteiger partial charge is 0.261 e. The van der Waals surface area contributed by atoms with Crippen LogP contribution in [0.1, 0.15) is 48.1 Å². The molecule has 120 valence electrons. The highest BCUT2D eigenvalue weighted by molar-refractivity contribution is 5.38. The average Bonchev–Trinajstić information content (AvgIpc) is 2.42. The van der Waals surface area contributed by atoms with Gasteiger partial charge < -0.3 is 10.1 Å². The molecule has 0 amide bonds. The molecule has 1 atom stereocenters. The summed E-state index contributed by atoms with van der Waals surface area (Å²) in [6.45, 7) is 9.19. The lowest BCUT2D eigenvalue weighted by Crippen LogP contribution is -2.25. The van der Waals surface area contributed by atoms with Gasteiger partial charge in [-0.1, -0.05) is 19.1 Å². The standard InChI is InChI=1S/C17H27F2NO/c1-5-7-20-16(6-8-21-11-17(18)19)15-10-13(3)12(2)9-14(15)4/h9-10,16-17,20H,5-8,11H2,1-4H3. The van der Waals surface area contributed by atoms with E-state index in [0.717, 1.165) is 13.0 Å². The number of rotatable bonds is 9. The SMILES string of the molecule is CCCNC(CCOCC(F)F)c1cc(C)c(C)cc1C. The van der Waals surface area contributed by atoms with Crippen molar-refractivity contribution in [2.75, 3.05) is 19.8 Å². The van der Waals surface area contributed by atoms with Crippen molar-refractivity contribution in [2.45, 2.75) is 53.0 Å². The lowest BCUT2D eigenvalue weighted by Gasteiger charge is -2.22. The molecule has 0 aliphatic carbocycles. The molecule has 1 N–H and O–H groups in total. The normalized spacial score (nSPS) is 12.9. The first-order valence-corrected chi connectivity index (χ1v) is 7.62. The minimum atomic E-state index is -2.39. The summed E-state index contributed by atoms with van der Waals surface area (Å²) in [5.41, 5.74) is 5.01. The second kappa shape index (κ2) is 9.11. The van der Waals surface area contributed by atoms with E-state index < -0.39 is 13.0 Å². The largest absolute Gasteiger partial charge is 0.375 e. The number of aryl methyl sites for hydroxylation is 3. The van der Waals surface area contributed by atoms with Crippen molar-refractivity contribution in [3.63, 3.8) is 0 Å². The van der Waals surface area contributed by atoms with Gasteiger partial charge in [-0.15, -0.1) is 0 Å². The predicted octanol–water partition coefficient (Wildman–Crippen LogP) is 4.32. The molecular weight excluding hydrogens is 272 g/mol. The van der Waals surface area contributed by atoms with Crippen LogP contribution >= 0.6 is 0 Å². The van der Waals surface area contributed by atoms with Crippen LogP contribution in [0, 0.1) is 20.8 Å². The quantitative estimate of drug-likeness (QED) is 0.685. The first-order valence-electron chi connectivity index (χ1n) is 7.62. The Morgan fingerprint density at radius 3 is 2.38 bits per heavy atom. The highest BCUT2D eigenvalue weighted by atomic mass is 19.3. The summed E-state index contributed by atoms with van der Waals surface area (Å²) in [4.78, 5) is 0. The van der Waals surface area contributed by atoms with Gasteiger partial charge in [-0.05, 0) is 62.4 Å². The molecule has 1 aromatic carbocycles. The maximum Gasteiger partial charge on any atom is 0.261 e. The number of ether oxygens (including phenoxy) is 1. The van der Waals surface area contributed by atoms with Crippen molar-refractivity contribution < 1.29 is 13.5 Å². The third-order valence-corrected chi connectivity index (χ3v) is 3.69. The summed E-state index contributed by atoms with van der Waals surface area (Å²) in [7, 11) is 0. The molecule has 0 aliphatic rings. The molecule has 0 saturated carbocycles. The minimum absolute atomic E-state index is 0.155. The summed E-state index contributed by atoms with van der Waals surface area (Å²) >= 11 is 0. The zero-order valence-corrected chi connectivity index (χ0v) is 13.5. The molecule has 0 aromatic heterocycles. The van der Waals surface area contributed by atoms with Crippen LogP contribution in [0.25, 0.3) is 0 Å². The highest BCUT2D eigenvalue weighted by Gasteiger charge is 2.14. The van der Waals surface area contributed by atoms with Crippen LogP contribution in [0.5, 0.6) is 0 Å². The second-order valence-corrected chi connectivity index (χ2v) is 5.55. The Balaban J connectivity index is 2.74. The third kappa shape index (κ3) is 6.10. The van der Waals surface area contributed by atoms with E-state index in [1.165, 1.54) is 22.3 Å². The molecule has 0 radical (unpaired) electrons.